The molecule has 0 aliphatic carbocycles. The zero-order chi connectivity index (χ0) is 11.5. The van der Waals surface area contributed by atoms with Gasteiger partial charge in [0.2, 0.25) is 0 Å². The monoisotopic (exact) mass is 235 g/mol. The average molecular weight is 235 g/mol. The maximum atomic E-state index is 11.2. The number of benzene rings is 1. The van der Waals surface area contributed by atoms with Gasteiger partial charge in [-0.15, -0.1) is 0 Å². The van der Waals surface area contributed by atoms with Crippen molar-refractivity contribution in [1.29, 1.82) is 0 Å². The van der Waals surface area contributed by atoms with Gasteiger partial charge in [0.1, 0.15) is 0 Å². The van der Waals surface area contributed by atoms with Gasteiger partial charge >= 0.3 is 5.97 Å². The van der Waals surface area contributed by atoms with Crippen LogP contribution in [0.25, 0.3) is 11.3 Å². The molecule has 5 heteroatoms. The van der Waals surface area contributed by atoms with Crippen molar-refractivity contribution in [2.45, 2.75) is 0 Å². The zero-order valence-corrected chi connectivity index (χ0v) is 9.34. The van der Waals surface area contributed by atoms with E-state index in [0.29, 0.717) is 16.2 Å². The van der Waals surface area contributed by atoms with Crippen LogP contribution >= 0.6 is 12.2 Å². The summed E-state index contributed by atoms with van der Waals surface area (Å²) in [7, 11) is 1.35. The molecule has 16 heavy (non-hydrogen) atoms. The molecule has 0 saturated carbocycles. The number of aromatic nitrogens is 1. The van der Waals surface area contributed by atoms with Gasteiger partial charge in [0, 0.05) is 11.8 Å². The lowest BCUT2D eigenvalue weighted by Gasteiger charge is -1.99. The van der Waals surface area contributed by atoms with Crippen molar-refractivity contribution in [2.24, 2.45) is 0 Å². The number of H-pyrrole nitrogens is 1. The lowest BCUT2D eigenvalue weighted by molar-refractivity contribution is 0.0601. The molecular weight excluding hydrogens is 226 g/mol. The van der Waals surface area contributed by atoms with Crippen molar-refractivity contribution in [2.75, 3.05) is 7.11 Å². The van der Waals surface area contributed by atoms with Crippen LogP contribution in [0, 0.1) is 4.84 Å². The SMILES string of the molecule is COC(=O)c1ccc(-c2c[nH]c(=S)o2)cc1. The molecule has 0 radical (unpaired) electrons. The number of methoxy groups -OCH3 is 1. The fourth-order valence-electron chi connectivity index (χ4n) is 1.31. The molecule has 2 aromatic rings. The summed E-state index contributed by atoms with van der Waals surface area (Å²) >= 11 is 4.82. The molecule has 0 amide bonds. The molecule has 0 aliphatic heterocycles. The van der Waals surface area contributed by atoms with E-state index in [1.807, 2.05) is 0 Å². The molecule has 1 aromatic heterocycles. The van der Waals surface area contributed by atoms with E-state index in [9.17, 15) is 4.79 Å². The van der Waals surface area contributed by atoms with Gasteiger partial charge in [-0.1, -0.05) is 12.1 Å². The highest BCUT2D eigenvalue weighted by Crippen LogP contribution is 2.19. The largest absolute Gasteiger partial charge is 0.465 e. The number of aromatic amines is 1. The minimum Gasteiger partial charge on any atom is -0.465 e. The number of carbonyl (C=O) groups is 1. The lowest BCUT2D eigenvalue weighted by atomic mass is 10.1. The van der Waals surface area contributed by atoms with Crippen LogP contribution < -0.4 is 0 Å². The summed E-state index contributed by atoms with van der Waals surface area (Å²) in [4.78, 5) is 14.3. The Morgan fingerprint density at radius 2 is 2.06 bits per heavy atom. The molecule has 0 aliphatic rings. The lowest BCUT2D eigenvalue weighted by Crippen LogP contribution is -2.00. The standard InChI is InChI=1S/C11H9NO3S/c1-14-10(13)8-4-2-7(3-5-8)9-6-12-11(16)15-9/h2-6H,1H3,(H,12,16). The first-order chi connectivity index (χ1) is 7.70. The van der Waals surface area contributed by atoms with Crippen LogP contribution in [0.5, 0.6) is 0 Å². The zero-order valence-electron chi connectivity index (χ0n) is 8.52. The van der Waals surface area contributed by atoms with Crippen molar-refractivity contribution < 1.29 is 13.9 Å². The van der Waals surface area contributed by atoms with Gasteiger partial charge in [0.05, 0.1) is 12.7 Å². The molecule has 2 rings (SSSR count). The Morgan fingerprint density at radius 3 is 2.56 bits per heavy atom. The van der Waals surface area contributed by atoms with Gasteiger partial charge in [-0.2, -0.15) is 0 Å². The third kappa shape index (κ3) is 2.04. The van der Waals surface area contributed by atoms with Crippen molar-refractivity contribution in [3.63, 3.8) is 0 Å². The summed E-state index contributed by atoms with van der Waals surface area (Å²) in [6.45, 7) is 0. The van der Waals surface area contributed by atoms with Crippen molar-refractivity contribution >= 4 is 18.2 Å². The van der Waals surface area contributed by atoms with E-state index < -0.39 is 0 Å². The summed E-state index contributed by atoms with van der Waals surface area (Å²) in [6.07, 6.45) is 1.68. The Bertz CT molecular complexity index is 553. The van der Waals surface area contributed by atoms with E-state index in [1.165, 1.54) is 7.11 Å². The second-order valence-corrected chi connectivity index (χ2v) is 3.48. The molecule has 0 atom stereocenters. The Morgan fingerprint density at radius 1 is 1.38 bits per heavy atom. The second kappa shape index (κ2) is 4.32. The van der Waals surface area contributed by atoms with E-state index in [0.717, 1.165) is 5.56 Å². The van der Waals surface area contributed by atoms with E-state index in [1.54, 1.807) is 30.5 Å². The van der Waals surface area contributed by atoms with Crippen LogP contribution in [0.2, 0.25) is 0 Å². The van der Waals surface area contributed by atoms with Crippen LogP contribution in [0.1, 0.15) is 10.4 Å². The van der Waals surface area contributed by atoms with Crippen LogP contribution in [-0.2, 0) is 4.74 Å². The van der Waals surface area contributed by atoms with E-state index in [2.05, 4.69) is 9.72 Å². The number of oxazole rings is 1. The molecule has 1 aromatic carbocycles. The fourth-order valence-corrected chi connectivity index (χ4v) is 1.46. The Labute approximate surface area is 96.9 Å². The second-order valence-electron chi connectivity index (χ2n) is 3.11. The first-order valence-electron chi connectivity index (χ1n) is 4.58. The third-order valence-corrected chi connectivity index (χ3v) is 2.32. The number of nitrogens with one attached hydrogen (secondary N) is 1. The highest BCUT2D eigenvalue weighted by molar-refractivity contribution is 7.71. The van der Waals surface area contributed by atoms with Gasteiger partial charge < -0.3 is 14.1 Å². The molecule has 0 saturated heterocycles. The molecule has 4 nitrogen and oxygen atoms in total. The predicted molar refractivity (Wildman–Crippen MR) is 60.7 cm³/mol. The average Bonchev–Trinajstić information content (AvgIpc) is 2.75. The molecule has 82 valence electrons. The Kier molecular flexibility index (Phi) is 2.87. The van der Waals surface area contributed by atoms with E-state index in [4.69, 9.17) is 16.6 Å². The van der Waals surface area contributed by atoms with Crippen LogP contribution in [0.15, 0.2) is 34.9 Å². The third-order valence-electron chi connectivity index (χ3n) is 2.11. The Hall–Kier alpha value is -1.88. The molecule has 0 fully saturated rings. The predicted octanol–water partition coefficient (Wildman–Crippen LogP) is 2.79. The molecule has 0 unspecified atom stereocenters. The molecule has 1 N–H and O–H groups in total. The van der Waals surface area contributed by atoms with Crippen molar-refractivity contribution in [3.05, 3.63) is 40.9 Å². The Balaban J connectivity index is 2.32. The normalized spacial score (nSPS) is 10.1. The fraction of sp³-hybridized carbons (Fsp3) is 0.0909. The van der Waals surface area contributed by atoms with E-state index >= 15 is 0 Å². The molecule has 1 heterocycles. The number of hydrogen-bond donors (Lipinski definition) is 1. The van der Waals surface area contributed by atoms with Gasteiger partial charge in [-0.3, -0.25) is 0 Å². The first-order valence-corrected chi connectivity index (χ1v) is 4.99. The van der Waals surface area contributed by atoms with Gasteiger partial charge in [-0.05, 0) is 24.4 Å². The van der Waals surface area contributed by atoms with Crippen LogP contribution in [0.3, 0.4) is 0 Å². The summed E-state index contributed by atoms with van der Waals surface area (Å²) in [6, 6.07) is 6.89. The summed E-state index contributed by atoms with van der Waals surface area (Å²) in [5.41, 5.74) is 1.35. The maximum Gasteiger partial charge on any atom is 0.337 e. The minimum atomic E-state index is -0.360. The number of rotatable bonds is 2. The highest BCUT2D eigenvalue weighted by atomic mass is 32.1. The van der Waals surface area contributed by atoms with Crippen LogP contribution in [0.4, 0.5) is 0 Å². The first kappa shape index (κ1) is 10.6. The van der Waals surface area contributed by atoms with Crippen LogP contribution in [-0.4, -0.2) is 18.1 Å². The molecular formula is C11H9NO3S. The molecule has 0 spiro atoms. The van der Waals surface area contributed by atoms with E-state index in [-0.39, 0.29) is 5.97 Å². The minimum absolute atomic E-state index is 0.326. The summed E-state index contributed by atoms with van der Waals surface area (Å²) in [5, 5.41) is 0. The maximum absolute atomic E-state index is 11.2. The highest BCUT2D eigenvalue weighted by Gasteiger charge is 2.06. The topological polar surface area (TPSA) is 55.2 Å². The smallest absolute Gasteiger partial charge is 0.337 e. The number of ether oxygens (including phenoxy) is 1. The number of esters is 1. The summed E-state index contributed by atoms with van der Waals surface area (Å²) < 4.78 is 9.84. The van der Waals surface area contributed by atoms with Crippen molar-refractivity contribution in [3.8, 4) is 11.3 Å². The number of carbonyl (C=O) groups excluding carboxylic acids is 1. The van der Waals surface area contributed by atoms with Gasteiger partial charge in [0.25, 0.3) is 4.84 Å². The van der Waals surface area contributed by atoms with Crippen molar-refractivity contribution in [1.82, 2.24) is 4.98 Å². The quantitative estimate of drug-likeness (QED) is 0.642. The number of hydrogen-bond acceptors (Lipinski definition) is 4. The van der Waals surface area contributed by atoms with Gasteiger partial charge in [0.15, 0.2) is 5.76 Å². The molecule has 0 bridgehead atoms. The van der Waals surface area contributed by atoms with Gasteiger partial charge in [-0.25, -0.2) is 4.79 Å². The summed E-state index contributed by atoms with van der Waals surface area (Å²) in [5.74, 6) is 0.280.